The molecule has 0 fully saturated rings. The summed E-state index contributed by atoms with van der Waals surface area (Å²) in [4.78, 5) is 4.13. The molecular weight excluding hydrogens is 448 g/mol. The van der Waals surface area contributed by atoms with Crippen molar-refractivity contribution in [3.8, 4) is 23.0 Å². The molecule has 0 saturated carbocycles. The van der Waals surface area contributed by atoms with E-state index in [1.807, 2.05) is 48.7 Å². The molecule has 1 N–H and O–H groups in total. The molecule has 4 rings (SSSR count). The quantitative estimate of drug-likeness (QED) is 0.523. The molecule has 0 unspecified atom stereocenters. The number of hydrogen-bond donors (Lipinski definition) is 1. The summed E-state index contributed by atoms with van der Waals surface area (Å²) in [6.07, 6.45) is 3.63. The molecule has 0 saturated heterocycles. The van der Waals surface area contributed by atoms with Gasteiger partial charge < -0.3 is 24.3 Å². The number of ether oxygens (including phenoxy) is 4. The van der Waals surface area contributed by atoms with E-state index in [1.165, 1.54) is 0 Å². The van der Waals surface area contributed by atoms with Crippen LogP contribution >= 0.6 is 15.9 Å². The lowest BCUT2D eigenvalue weighted by Gasteiger charge is -2.19. The van der Waals surface area contributed by atoms with E-state index in [0.29, 0.717) is 37.9 Å². The molecule has 0 amide bonds. The van der Waals surface area contributed by atoms with Crippen LogP contribution in [0.2, 0.25) is 0 Å². The fourth-order valence-corrected chi connectivity index (χ4v) is 3.81. The van der Waals surface area contributed by atoms with Gasteiger partial charge in [-0.15, -0.1) is 0 Å². The fraction of sp³-hybridized carbons (Fsp3) is 0.261. The SMILES string of the molecule is COc1cc(CNCc2cccnc2)cc(Br)c1OCc1ccc2c(c1)OCCO2. The number of halogens is 1. The standard InChI is InChI=1S/C23H23BrN2O4/c1-27-22-11-18(14-26-13-17-3-2-6-25-12-17)9-19(24)23(22)30-15-16-4-5-20-21(10-16)29-8-7-28-20/h2-6,9-12,26H,7-8,13-15H2,1H3. The molecule has 1 aliphatic rings. The highest BCUT2D eigenvalue weighted by atomic mass is 79.9. The first kappa shape index (κ1) is 20.5. The third kappa shape index (κ3) is 5.04. The van der Waals surface area contributed by atoms with Crippen LogP contribution < -0.4 is 24.3 Å². The van der Waals surface area contributed by atoms with Crippen LogP contribution in [0.3, 0.4) is 0 Å². The zero-order chi connectivity index (χ0) is 20.8. The minimum atomic E-state index is 0.393. The molecule has 0 spiro atoms. The summed E-state index contributed by atoms with van der Waals surface area (Å²) in [7, 11) is 1.64. The summed E-state index contributed by atoms with van der Waals surface area (Å²) >= 11 is 3.62. The Morgan fingerprint density at radius 1 is 1.00 bits per heavy atom. The fourth-order valence-electron chi connectivity index (χ4n) is 3.20. The molecule has 6 nitrogen and oxygen atoms in total. The predicted octanol–water partition coefficient (Wildman–Crippen LogP) is 4.49. The van der Waals surface area contributed by atoms with E-state index in [2.05, 4.69) is 26.2 Å². The molecule has 0 atom stereocenters. The summed E-state index contributed by atoms with van der Waals surface area (Å²) < 4.78 is 23.7. The molecule has 3 aromatic rings. The number of benzene rings is 2. The Hall–Kier alpha value is -2.77. The maximum atomic E-state index is 6.07. The number of aromatic nitrogens is 1. The number of fused-ring (bicyclic) bond motifs is 1. The number of pyridine rings is 1. The second kappa shape index (κ2) is 9.82. The van der Waals surface area contributed by atoms with Gasteiger partial charge in [0.05, 0.1) is 11.6 Å². The minimum absolute atomic E-state index is 0.393. The van der Waals surface area contributed by atoms with Gasteiger partial charge in [-0.2, -0.15) is 0 Å². The van der Waals surface area contributed by atoms with Crippen molar-refractivity contribution < 1.29 is 18.9 Å². The van der Waals surface area contributed by atoms with Crippen molar-refractivity contribution in [3.05, 3.63) is 76.0 Å². The first-order chi connectivity index (χ1) is 14.7. The van der Waals surface area contributed by atoms with Crippen molar-refractivity contribution >= 4 is 15.9 Å². The number of methoxy groups -OCH3 is 1. The second-order valence-electron chi connectivity index (χ2n) is 6.84. The van der Waals surface area contributed by atoms with E-state index in [4.69, 9.17) is 18.9 Å². The maximum absolute atomic E-state index is 6.07. The highest BCUT2D eigenvalue weighted by Crippen LogP contribution is 2.38. The molecule has 2 heterocycles. The Morgan fingerprint density at radius 2 is 1.83 bits per heavy atom. The van der Waals surface area contributed by atoms with E-state index in [9.17, 15) is 0 Å². The molecule has 0 radical (unpaired) electrons. The number of rotatable bonds is 8. The third-order valence-electron chi connectivity index (χ3n) is 4.66. The molecular formula is C23H23BrN2O4. The van der Waals surface area contributed by atoms with Crippen LogP contribution in [0.5, 0.6) is 23.0 Å². The third-order valence-corrected chi connectivity index (χ3v) is 5.25. The molecule has 30 heavy (non-hydrogen) atoms. The number of nitrogens with zero attached hydrogens (tertiary/aromatic N) is 1. The summed E-state index contributed by atoms with van der Waals surface area (Å²) in [5.41, 5.74) is 3.23. The van der Waals surface area contributed by atoms with Gasteiger partial charge >= 0.3 is 0 Å². The Morgan fingerprint density at radius 3 is 2.63 bits per heavy atom. The molecule has 0 aliphatic carbocycles. The van der Waals surface area contributed by atoms with Crippen molar-refractivity contribution in [2.75, 3.05) is 20.3 Å². The lowest BCUT2D eigenvalue weighted by molar-refractivity contribution is 0.171. The van der Waals surface area contributed by atoms with Gasteiger partial charge in [-0.1, -0.05) is 12.1 Å². The lowest BCUT2D eigenvalue weighted by Crippen LogP contribution is -2.15. The zero-order valence-corrected chi connectivity index (χ0v) is 18.3. The van der Waals surface area contributed by atoms with Gasteiger partial charge in [0.15, 0.2) is 23.0 Å². The van der Waals surface area contributed by atoms with Gasteiger partial charge in [0.25, 0.3) is 0 Å². The van der Waals surface area contributed by atoms with E-state index in [-0.39, 0.29) is 0 Å². The average Bonchev–Trinajstić information content (AvgIpc) is 2.78. The summed E-state index contributed by atoms with van der Waals surface area (Å²) in [5.74, 6) is 2.87. The van der Waals surface area contributed by atoms with E-state index in [0.717, 1.165) is 39.2 Å². The van der Waals surface area contributed by atoms with E-state index >= 15 is 0 Å². The topological polar surface area (TPSA) is 61.8 Å². The van der Waals surface area contributed by atoms with Crippen LogP contribution in [-0.4, -0.2) is 25.3 Å². The minimum Gasteiger partial charge on any atom is -0.493 e. The van der Waals surface area contributed by atoms with Crippen LogP contribution in [0.4, 0.5) is 0 Å². The molecule has 1 aromatic heterocycles. The van der Waals surface area contributed by atoms with Crippen LogP contribution in [-0.2, 0) is 19.7 Å². The monoisotopic (exact) mass is 470 g/mol. The van der Waals surface area contributed by atoms with Crippen molar-refractivity contribution in [1.29, 1.82) is 0 Å². The predicted molar refractivity (Wildman–Crippen MR) is 117 cm³/mol. The van der Waals surface area contributed by atoms with Crippen molar-refractivity contribution in [2.45, 2.75) is 19.7 Å². The van der Waals surface area contributed by atoms with Gasteiger partial charge in [0.2, 0.25) is 0 Å². The Balaban J connectivity index is 1.40. The lowest BCUT2D eigenvalue weighted by atomic mass is 10.2. The highest BCUT2D eigenvalue weighted by Gasteiger charge is 2.15. The zero-order valence-electron chi connectivity index (χ0n) is 16.7. The Bertz CT molecular complexity index is 998. The van der Waals surface area contributed by atoms with E-state index in [1.54, 1.807) is 13.3 Å². The summed E-state index contributed by atoms with van der Waals surface area (Å²) in [6, 6.07) is 13.8. The van der Waals surface area contributed by atoms with Gasteiger partial charge in [-0.05, 0) is 63.0 Å². The second-order valence-corrected chi connectivity index (χ2v) is 7.69. The number of nitrogens with one attached hydrogen (secondary N) is 1. The van der Waals surface area contributed by atoms with E-state index < -0.39 is 0 Å². The van der Waals surface area contributed by atoms with Crippen LogP contribution in [0.1, 0.15) is 16.7 Å². The maximum Gasteiger partial charge on any atom is 0.175 e. The van der Waals surface area contributed by atoms with Gasteiger partial charge in [-0.3, -0.25) is 4.98 Å². The molecule has 156 valence electrons. The first-order valence-corrected chi connectivity index (χ1v) is 10.5. The van der Waals surface area contributed by atoms with Crippen molar-refractivity contribution in [2.24, 2.45) is 0 Å². The van der Waals surface area contributed by atoms with Crippen LogP contribution in [0.15, 0.2) is 59.3 Å². The van der Waals surface area contributed by atoms with Gasteiger partial charge in [0, 0.05) is 25.5 Å². The van der Waals surface area contributed by atoms with Gasteiger partial charge in [-0.25, -0.2) is 0 Å². The first-order valence-electron chi connectivity index (χ1n) is 9.70. The summed E-state index contributed by atoms with van der Waals surface area (Å²) in [6.45, 7) is 2.98. The van der Waals surface area contributed by atoms with Crippen LogP contribution in [0.25, 0.3) is 0 Å². The Labute approximate surface area is 184 Å². The molecule has 2 aromatic carbocycles. The van der Waals surface area contributed by atoms with Gasteiger partial charge in [0.1, 0.15) is 19.8 Å². The smallest absolute Gasteiger partial charge is 0.175 e. The largest absolute Gasteiger partial charge is 0.493 e. The van der Waals surface area contributed by atoms with Crippen LogP contribution in [0, 0.1) is 0 Å². The summed E-state index contributed by atoms with van der Waals surface area (Å²) in [5, 5.41) is 3.42. The Kier molecular flexibility index (Phi) is 6.71. The number of hydrogen-bond acceptors (Lipinski definition) is 6. The van der Waals surface area contributed by atoms with Crippen molar-refractivity contribution in [3.63, 3.8) is 0 Å². The molecule has 7 heteroatoms. The molecule has 0 bridgehead atoms. The van der Waals surface area contributed by atoms with Crippen molar-refractivity contribution in [1.82, 2.24) is 10.3 Å². The average molecular weight is 471 g/mol. The molecule has 1 aliphatic heterocycles. The highest BCUT2D eigenvalue weighted by molar-refractivity contribution is 9.10. The normalized spacial score (nSPS) is 12.5.